The maximum atomic E-state index is 12.6. The highest BCUT2D eigenvalue weighted by molar-refractivity contribution is 5.97. The second-order valence-corrected chi connectivity index (χ2v) is 6.47. The van der Waals surface area contributed by atoms with Crippen LogP contribution in [0.25, 0.3) is 0 Å². The highest BCUT2D eigenvalue weighted by Crippen LogP contribution is 2.24. The average molecular weight is 338 g/mol. The molecule has 7 nitrogen and oxygen atoms in total. The van der Waals surface area contributed by atoms with Gasteiger partial charge in [0.2, 0.25) is 5.95 Å². The van der Waals surface area contributed by atoms with Gasteiger partial charge in [-0.15, -0.1) is 0 Å². The number of nitrogens with zero attached hydrogens (tertiary/aromatic N) is 6. The van der Waals surface area contributed by atoms with E-state index in [9.17, 15) is 4.79 Å². The van der Waals surface area contributed by atoms with Gasteiger partial charge in [0.15, 0.2) is 0 Å². The minimum atomic E-state index is 0.00112. The lowest BCUT2D eigenvalue weighted by atomic mass is 10.2. The lowest BCUT2D eigenvalue weighted by molar-refractivity contribution is 0.0766. The maximum absolute atomic E-state index is 12.6. The molecule has 0 aromatic carbocycles. The third-order valence-corrected chi connectivity index (χ3v) is 4.91. The number of piperazine rings is 1. The van der Waals surface area contributed by atoms with Crippen LogP contribution in [0.2, 0.25) is 0 Å². The molecule has 0 atom stereocenters. The fraction of sp³-hybridized carbons (Fsp3) is 0.444. The summed E-state index contributed by atoms with van der Waals surface area (Å²) in [6, 6.07) is 3.87. The van der Waals surface area contributed by atoms with E-state index in [1.165, 1.54) is 0 Å². The first-order chi connectivity index (χ1) is 12.2. The SMILES string of the molecule is CCN1CCN(c2ncc3c(n2)CN(Cc2cccnc2)C3=O)CC1. The fourth-order valence-corrected chi connectivity index (χ4v) is 3.38. The van der Waals surface area contributed by atoms with Crippen LogP contribution in [0.15, 0.2) is 30.7 Å². The second kappa shape index (κ2) is 6.76. The minimum absolute atomic E-state index is 0.00112. The van der Waals surface area contributed by atoms with Gasteiger partial charge in [-0.3, -0.25) is 9.78 Å². The van der Waals surface area contributed by atoms with E-state index in [1.54, 1.807) is 23.5 Å². The maximum Gasteiger partial charge on any atom is 0.258 e. The highest BCUT2D eigenvalue weighted by atomic mass is 16.2. The zero-order chi connectivity index (χ0) is 17.2. The molecule has 0 radical (unpaired) electrons. The molecule has 2 aliphatic heterocycles. The summed E-state index contributed by atoms with van der Waals surface area (Å²) < 4.78 is 0. The van der Waals surface area contributed by atoms with E-state index in [4.69, 9.17) is 0 Å². The first kappa shape index (κ1) is 16.0. The Balaban J connectivity index is 1.48. The van der Waals surface area contributed by atoms with Crippen LogP contribution in [-0.4, -0.2) is 63.4 Å². The van der Waals surface area contributed by atoms with Gasteiger partial charge in [-0.05, 0) is 18.2 Å². The molecule has 0 spiro atoms. The van der Waals surface area contributed by atoms with Crippen molar-refractivity contribution in [2.24, 2.45) is 0 Å². The van der Waals surface area contributed by atoms with Crippen molar-refractivity contribution >= 4 is 11.9 Å². The predicted octanol–water partition coefficient (Wildman–Crippen LogP) is 1.17. The molecule has 7 heteroatoms. The number of fused-ring (bicyclic) bond motifs is 1. The van der Waals surface area contributed by atoms with Crippen LogP contribution in [0.3, 0.4) is 0 Å². The molecule has 0 N–H and O–H groups in total. The summed E-state index contributed by atoms with van der Waals surface area (Å²) >= 11 is 0. The van der Waals surface area contributed by atoms with Crippen LogP contribution in [-0.2, 0) is 13.1 Å². The molecule has 0 bridgehead atoms. The van der Waals surface area contributed by atoms with E-state index in [0.717, 1.165) is 49.9 Å². The van der Waals surface area contributed by atoms with Crippen LogP contribution in [0, 0.1) is 0 Å². The molecule has 4 rings (SSSR count). The molecule has 130 valence electrons. The van der Waals surface area contributed by atoms with Gasteiger partial charge in [0.1, 0.15) is 0 Å². The van der Waals surface area contributed by atoms with E-state index < -0.39 is 0 Å². The Morgan fingerprint density at radius 3 is 2.72 bits per heavy atom. The van der Waals surface area contributed by atoms with Crippen molar-refractivity contribution < 1.29 is 4.79 Å². The zero-order valence-electron chi connectivity index (χ0n) is 14.4. The Hall–Kier alpha value is -2.54. The van der Waals surface area contributed by atoms with Gasteiger partial charge in [-0.25, -0.2) is 9.97 Å². The standard InChI is InChI=1S/C18H22N6O/c1-2-22-6-8-23(9-7-22)18-20-11-15-16(21-18)13-24(17(15)25)12-14-4-3-5-19-10-14/h3-5,10-11H,2,6-9,12-13H2,1H3. The number of anilines is 1. The lowest BCUT2D eigenvalue weighted by Crippen LogP contribution is -2.46. The monoisotopic (exact) mass is 338 g/mol. The summed E-state index contributed by atoms with van der Waals surface area (Å²) in [5.74, 6) is 0.742. The van der Waals surface area contributed by atoms with Gasteiger partial charge in [-0.1, -0.05) is 13.0 Å². The van der Waals surface area contributed by atoms with Gasteiger partial charge < -0.3 is 14.7 Å². The predicted molar refractivity (Wildman–Crippen MR) is 94.2 cm³/mol. The number of rotatable bonds is 4. The molecule has 0 saturated carbocycles. The third kappa shape index (κ3) is 3.19. The Labute approximate surface area is 147 Å². The third-order valence-electron chi connectivity index (χ3n) is 4.91. The molecule has 2 aromatic rings. The number of carbonyl (C=O) groups excluding carboxylic acids is 1. The van der Waals surface area contributed by atoms with Gasteiger partial charge in [0, 0.05) is 51.3 Å². The number of pyridine rings is 1. The normalized spacial score (nSPS) is 17.9. The van der Waals surface area contributed by atoms with Crippen molar-refractivity contribution in [1.29, 1.82) is 0 Å². The molecule has 0 unspecified atom stereocenters. The van der Waals surface area contributed by atoms with Crippen LogP contribution in [0.1, 0.15) is 28.5 Å². The summed E-state index contributed by atoms with van der Waals surface area (Å²) in [5.41, 5.74) is 2.48. The highest BCUT2D eigenvalue weighted by Gasteiger charge is 2.30. The van der Waals surface area contributed by atoms with Crippen molar-refractivity contribution in [1.82, 2.24) is 24.8 Å². The number of hydrogen-bond donors (Lipinski definition) is 0. The van der Waals surface area contributed by atoms with E-state index in [-0.39, 0.29) is 5.91 Å². The molecule has 1 amide bonds. The summed E-state index contributed by atoms with van der Waals surface area (Å²) in [7, 11) is 0. The van der Waals surface area contributed by atoms with Crippen LogP contribution >= 0.6 is 0 Å². The number of hydrogen-bond acceptors (Lipinski definition) is 6. The Kier molecular flexibility index (Phi) is 4.31. The summed E-state index contributed by atoms with van der Waals surface area (Å²) in [6.45, 7) is 8.27. The van der Waals surface area contributed by atoms with Gasteiger partial charge in [0.25, 0.3) is 5.91 Å². The van der Waals surface area contributed by atoms with Crippen LogP contribution in [0.5, 0.6) is 0 Å². The topological polar surface area (TPSA) is 65.5 Å². The fourth-order valence-electron chi connectivity index (χ4n) is 3.38. The van der Waals surface area contributed by atoms with Crippen molar-refractivity contribution in [2.45, 2.75) is 20.0 Å². The molecule has 2 aromatic heterocycles. The molecular weight excluding hydrogens is 316 g/mol. The number of carbonyl (C=O) groups is 1. The molecule has 2 aliphatic rings. The number of aromatic nitrogens is 3. The smallest absolute Gasteiger partial charge is 0.258 e. The number of amides is 1. The van der Waals surface area contributed by atoms with E-state index in [1.807, 2.05) is 12.1 Å². The quantitative estimate of drug-likeness (QED) is 0.834. The molecular formula is C18H22N6O. The first-order valence-electron chi connectivity index (χ1n) is 8.76. The van der Waals surface area contributed by atoms with Crippen molar-refractivity contribution in [2.75, 3.05) is 37.6 Å². The average Bonchev–Trinajstić information content (AvgIpc) is 2.97. The second-order valence-electron chi connectivity index (χ2n) is 6.47. The largest absolute Gasteiger partial charge is 0.338 e. The first-order valence-corrected chi connectivity index (χ1v) is 8.76. The Morgan fingerprint density at radius 2 is 2.00 bits per heavy atom. The molecule has 1 fully saturated rings. The zero-order valence-corrected chi connectivity index (χ0v) is 14.4. The molecule has 4 heterocycles. The Bertz CT molecular complexity index is 757. The van der Waals surface area contributed by atoms with Gasteiger partial charge in [0.05, 0.1) is 17.8 Å². The van der Waals surface area contributed by atoms with Crippen LogP contribution in [0.4, 0.5) is 5.95 Å². The minimum Gasteiger partial charge on any atom is -0.338 e. The van der Waals surface area contributed by atoms with Crippen molar-refractivity contribution in [3.63, 3.8) is 0 Å². The Morgan fingerprint density at radius 1 is 1.16 bits per heavy atom. The summed E-state index contributed by atoms with van der Waals surface area (Å²) in [4.78, 5) is 32.3. The number of likely N-dealkylation sites (N-methyl/N-ethyl adjacent to an activating group) is 1. The summed E-state index contributed by atoms with van der Waals surface area (Å²) in [5, 5.41) is 0. The van der Waals surface area contributed by atoms with E-state index >= 15 is 0 Å². The molecule has 1 saturated heterocycles. The molecule has 25 heavy (non-hydrogen) atoms. The lowest BCUT2D eigenvalue weighted by Gasteiger charge is -2.34. The molecule has 0 aliphatic carbocycles. The van der Waals surface area contributed by atoms with Crippen molar-refractivity contribution in [3.8, 4) is 0 Å². The van der Waals surface area contributed by atoms with E-state index in [0.29, 0.717) is 18.7 Å². The van der Waals surface area contributed by atoms with Crippen LogP contribution < -0.4 is 4.90 Å². The van der Waals surface area contributed by atoms with E-state index in [2.05, 4.69) is 31.7 Å². The van der Waals surface area contributed by atoms with Gasteiger partial charge in [-0.2, -0.15) is 0 Å². The summed E-state index contributed by atoms with van der Waals surface area (Å²) in [6.07, 6.45) is 5.22. The van der Waals surface area contributed by atoms with Crippen molar-refractivity contribution in [3.05, 3.63) is 47.5 Å². The van der Waals surface area contributed by atoms with Gasteiger partial charge >= 0.3 is 0 Å².